The molecule has 0 unspecified atom stereocenters. The van der Waals surface area contributed by atoms with Crippen molar-refractivity contribution in [2.75, 3.05) is 13.7 Å². The van der Waals surface area contributed by atoms with Crippen molar-refractivity contribution in [2.24, 2.45) is 7.05 Å². The van der Waals surface area contributed by atoms with Crippen molar-refractivity contribution < 1.29 is 9.53 Å². The molecule has 0 aliphatic carbocycles. The number of hydrogen-bond acceptors (Lipinski definition) is 5. The fourth-order valence-electron chi connectivity index (χ4n) is 1.89. The number of aryl methyl sites for hydroxylation is 1. The number of hydrogen-bond donors (Lipinski definition) is 1. The van der Waals surface area contributed by atoms with Gasteiger partial charge >= 0.3 is 5.97 Å². The Bertz CT molecular complexity index is 627. The summed E-state index contributed by atoms with van der Waals surface area (Å²) < 4.78 is 7.48. The number of benzene rings is 1. The number of carbonyl (C=O) groups is 1. The van der Waals surface area contributed by atoms with Crippen LogP contribution in [0.2, 0.25) is 0 Å². The molecule has 0 saturated heterocycles. The SMILES string of the molecule is COC(=O)c1ccc(CNCCc2nncn2C)c(Br)c1. The zero-order valence-corrected chi connectivity index (χ0v) is 13.6. The standard InChI is InChI=1S/C14H17BrN4O2/c1-19-9-17-18-13(19)5-6-16-8-11-4-3-10(7-12(11)15)14(20)21-2/h3-4,7,9,16H,5-6,8H2,1-2H3. The Morgan fingerprint density at radius 2 is 2.29 bits per heavy atom. The Balaban J connectivity index is 1.86. The molecule has 0 saturated carbocycles. The van der Waals surface area contributed by atoms with Crippen LogP contribution in [-0.2, 0) is 24.8 Å². The Morgan fingerprint density at radius 1 is 1.48 bits per heavy atom. The quantitative estimate of drug-likeness (QED) is 0.632. The molecule has 0 aliphatic heterocycles. The van der Waals surface area contributed by atoms with Gasteiger partial charge in [0.25, 0.3) is 0 Å². The van der Waals surface area contributed by atoms with Gasteiger partial charge in [0.2, 0.25) is 0 Å². The maximum atomic E-state index is 11.4. The van der Waals surface area contributed by atoms with Gasteiger partial charge < -0.3 is 14.6 Å². The van der Waals surface area contributed by atoms with Gasteiger partial charge in [-0.1, -0.05) is 22.0 Å². The molecular weight excluding hydrogens is 336 g/mol. The summed E-state index contributed by atoms with van der Waals surface area (Å²) in [7, 11) is 3.30. The summed E-state index contributed by atoms with van der Waals surface area (Å²) in [5, 5.41) is 11.2. The minimum absolute atomic E-state index is 0.336. The van der Waals surface area contributed by atoms with E-state index >= 15 is 0 Å². The highest BCUT2D eigenvalue weighted by molar-refractivity contribution is 9.10. The highest BCUT2D eigenvalue weighted by atomic mass is 79.9. The fourth-order valence-corrected chi connectivity index (χ4v) is 2.41. The van der Waals surface area contributed by atoms with E-state index < -0.39 is 0 Å². The van der Waals surface area contributed by atoms with Crippen molar-refractivity contribution in [2.45, 2.75) is 13.0 Å². The third-order valence-corrected chi connectivity index (χ3v) is 3.86. The maximum Gasteiger partial charge on any atom is 0.337 e. The van der Waals surface area contributed by atoms with Crippen LogP contribution in [0.25, 0.3) is 0 Å². The van der Waals surface area contributed by atoms with E-state index in [4.69, 9.17) is 4.74 Å². The van der Waals surface area contributed by atoms with Crippen LogP contribution in [0.1, 0.15) is 21.7 Å². The van der Waals surface area contributed by atoms with Gasteiger partial charge in [-0.2, -0.15) is 0 Å². The number of carbonyl (C=O) groups excluding carboxylic acids is 1. The van der Waals surface area contributed by atoms with Gasteiger partial charge in [0.1, 0.15) is 12.2 Å². The summed E-state index contributed by atoms with van der Waals surface area (Å²) >= 11 is 3.47. The van der Waals surface area contributed by atoms with Crippen molar-refractivity contribution >= 4 is 21.9 Å². The maximum absolute atomic E-state index is 11.4. The topological polar surface area (TPSA) is 69.0 Å². The van der Waals surface area contributed by atoms with Gasteiger partial charge in [0.05, 0.1) is 12.7 Å². The van der Waals surface area contributed by atoms with Crippen LogP contribution in [0.5, 0.6) is 0 Å². The average Bonchev–Trinajstić information content (AvgIpc) is 2.89. The Labute approximate surface area is 131 Å². The summed E-state index contributed by atoms with van der Waals surface area (Å²) in [6.07, 6.45) is 2.51. The number of nitrogens with zero attached hydrogens (tertiary/aromatic N) is 3. The van der Waals surface area contributed by atoms with Crippen LogP contribution in [0.15, 0.2) is 29.0 Å². The van der Waals surface area contributed by atoms with Crippen molar-refractivity contribution in [3.05, 3.63) is 46.0 Å². The highest BCUT2D eigenvalue weighted by Gasteiger charge is 2.08. The minimum Gasteiger partial charge on any atom is -0.465 e. The zero-order chi connectivity index (χ0) is 15.2. The van der Waals surface area contributed by atoms with Crippen molar-refractivity contribution in [1.82, 2.24) is 20.1 Å². The fraction of sp³-hybridized carbons (Fsp3) is 0.357. The number of esters is 1. The van der Waals surface area contributed by atoms with Crippen LogP contribution in [0, 0.1) is 0 Å². The first-order chi connectivity index (χ1) is 10.1. The van der Waals surface area contributed by atoms with E-state index in [1.807, 2.05) is 17.7 Å². The lowest BCUT2D eigenvalue weighted by atomic mass is 10.1. The van der Waals surface area contributed by atoms with Gasteiger partial charge in [-0.3, -0.25) is 0 Å². The summed E-state index contributed by atoms with van der Waals surface area (Å²) in [5.74, 6) is 0.611. The van der Waals surface area contributed by atoms with Crippen LogP contribution in [0.4, 0.5) is 0 Å². The van der Waals surface area contributed by atoms with Crippen LogP contribution in [0.3, 0.4) is 0 Å². The van der Waals surface area contributed by atoms with E-state index in [0.717, 1.165) is 28.8 Å². The van der Waals surface area contributed by atoms with Crippen LogP contribution >= 0.6 is 15.9 Å². The Kier molecular flexibility index (Phi) is 5.46. The van der Waals surface area contributed by atoms with E-state index in [2.05, 4.69) is 31.4 Å². The lowest BCUT2D eigenvalue weighted by molar-refractivity contribution is 0.0600. The number of halogens is 1. The molecule has 1 aromatic heterocycles. The summed E-state index contributed by atoms with van der Waals surface area (Å²) in [5.41, 5.74) is 1.62. The first-order valence-corrected chi connectivity index (χ1v) is 7.31. The molecule has 0 fully saturated rings. The second-order valence-corrected chi connectivity index (χ2v) is 5.44. The minimum atomic E-state index is -0.336. The van der Waals surface area contributed by atoms with Crippen molar-refractivity contribution in [1.29, 1.82) is 0 Å². The van der Waals surface area contributed by atoms with Gasteiger partial charge in [-0.15, -0.1) is 10.2 Å². The Hall–Kier alpha value is -1.73. The van der Waals surface area contributed by atoms with Crippen LogP contribution in [-0.4, -0.2) is 34.4 Å². The van der Waals surface area contributed by atoms with Crippen LogP contribution < -0.4 is 5.32 Å². The molecule has 1 heterocycles. The van der Waals surface area contributed by atoms with Crippen molar-refractivity contribution in [3.8, 4) is 0 Å². The van der Waals surface area contributed by atoms with E-state index in [9.17, 15) is 4.79 Å². The van der Waals surface area contributed by atoms with Gasteiger partial charge in [-0.25, -0.2) is 4.79 Å². The lowest BCUT2D eigenvalue weighted by Crippen LogP contribution is -2.18. The summed E-state index contributed by atoms with van der Waals surface area (Å²) in [6.45, 7) is 1.51. The molecule has 2 aromatic rings. The van der Waals surface area contributed by atoms with Gasteiger partial charge in [0, 0.05) is 31.0 Å². The van der Waals surface area contributed by atoms with E-state index in [-0.39, 0.29) is 5.97 Å². The number of methoxy groups -OCH3 is 1. The van der Waals surface area contributed by atoms with E-state index in [1.54, 1.807) is 18.5 Å². The first kappa shape index (κ1) is 15.7. The monoisotopic (exact) mass is 352 g/mol. The lowest BCUT2D eigenvalue weighted by Gasteiger charge is -2.08. The first-order valence-electron chi connectivity index (χ1n) is 6.52. The predicted molar refractivity (Wildman–Crippen MR) is 81.9 cm³/mol. The molecule has 0 spiro atoms. The van der Waals surface area contributed by atoms with Gasteiger partial charge in [-0.05, 0) is 17.7 Å². The van der Waals surface area contributed by atoms with E-state index in [1.165, 1.54) is 7.11 Å². The molecule has 6 nitrogen and oxygen atoms in total. The molecule has 0 atom stereocenters. The third-order valence-electron chi connectivity index (χ3n) is 3.12. The average molecular weight is 353 g/mol. The molecule has 0 aliphatic rings. The number of aromatic nitrogens is 3. The van der Waals surface area contributed by atoms with E-state index in [0.29, 0.717) is 12.1 Å². The Morgan fingerprint density at radius 3 is 2.90 bits per heavy atom. The molecular formula is C14H17BrN4O2. The molecule has 2 rings (SSSR count). The molecule has 0 bridgehead atoms. The normalized spacial score (nSPS) is 10.6. The molecule has 0 radical (unpaired) electrons. The summed E-state index contributed by atoms with van der Waals surface area (Å²) in [6, 6.07) is 5.44. The highest BCUT2D eigenvalue weighted by Crippen LogP contribution is 2.19. The predicted octanol–water partition coefficient (Wildman–Crippen LogP) is 1.70. The molecule has 112 valence electrons. The zero-order valence-electron chi connectivity index (χ0n) is 12.0. The number of ether oxygens (including phenoxy) is 1. The molecule has 0 amide bonds. The number of rotatable bonds is 6. The third kappa shape index (κ3) is 4.12. The van der Waals surface area contributed by atoms with Gasteiger partial charge in [0.15, 0.2) is 0 Å². The number of nitrogens with one attached hydrogen (secondary N) is 1. The van der Waals surface area contributed by atoms with Crippen molar-refractivity contribution in [3.63, 3.8) is 0 Å². The molecule has 21 heavy (non-hydrogen) atoms. The smallest absolute Gasteiger partial charge is 0.337 e. The molecule has 1 aromatic carbocycles. The second kappa shape index (κ2) is 7.33. The second-order valence-electron chi connectivity index (χ2n) is 4.58. The molecule has 1 N–H and O–H groups in total. The molecule has 7 heteroatoms. The largest absolute Gasteiger partial charge is 0.465 e. The summed E-state index contributed by atoms with van der Waals surface area (Å²) in [4.78, 5) is 11.4.